The first kappa shape index (κ1) is 12.3. The van der Waals surface area contributed by atoms with E-state index in [0.717, 1.165) is 18.9 Å². The fourth-order valence-electron chi connectivity index (χ4n) is 1.74. The lowest BCUT2D eigenvalue weighted by Crippen LogP contribution is -2.07. The molecule has 0 aromatic carbocycles. The summed E-state index contributed by atoms with van der Waals surface area (Å²) in [5, 5.41) is 0. The SMILES string of the molecule is CCC(N)c1ccn(CCCC(C)C)c1. The Morgan fingerprint density at radius 3 is 2.73 bits per heavy atom. The average Bonchev–Trinajstić information content (AvgIpc) is 2.65. The van der Waals surface area contributed by atoms with Gasteiger partial charge in [-0.2, -0.15) is 0 Å². The highest BCUT2D eigenvalue weighted by Crippen LogP contribution is 2.14. The van der Waals surface area contributed by atoms with E-state index in [9.17, 15) is 0 Å². The van der Waals surface area contributed by atoms with E-state index in [-0.39, 0.29) is 6.04 Å². The lowest BCUT2D eigenvalue weighted by atomic mass is 10.1. The van der Waals surface area contributed by atoms with Crippen molar-refractivity contribution in [3.05, 3.63) is 24.0 Å². The Bertz CT molecular complexity index is 276. The molecule has 2 heteroatoms. The number of nitrogens with two attached hydrogens (primary N) is 1. The molecule has 2 nitrogen and oxygen atoms in total. The molecular weight excluding hydrogens is 184 g/mol. The third-order valence-corrected chi connectivity index (χ3v) is 2.84. The predicted octanol–water partition coefficient (Wildman–Crippen LogP) is 3.33. The summed E-state index contributed by atoms with van der Waals surface area (Å²) in [5.74, 6) is 0.804. The van der Waals surface area contributed by atoms with E-state index in [2.05, 4.69) is 43.8 Å². The van der Waals surface area contributed by atoms with Gasteiger partial charge in [0.15, 0.2) is 0 Å². The minimum absolute atomic E-state index is 0.205. The Hall–Kier alpha value is -0.760. The summed E-state index contributed by atoms with van der Waals surface area (Å²) in [7, 11) is 0. The van der Waals surface area contributed by atoms with Gasteiger partial charge in [0.05, 0.1) is 0 Å². The van der Waals surface area contributed by atoms with Crippen LogP contribution in [-0.2, 0) is 6.54 Å². The molecule has 1 unspecified atom stereocenters. The minimum Gasteiger partial charge on any atom is -0.354 e. The molecule has 0 aliphatic rings. The second-order valence-electron chi connectivity index (χ2n) is 4.73. The molecule has 0 saturated heterocycles. The van der Waals surface area contributed by atoms with Gasteiger partial charge in [0.2, 0.25) is 0 Å². The molecule has 15 heavy (non-hydrogen) atoms. The number of aryl methyl sites for hydroxylation is 1. The van der Waals surface area contributed by atoms with Gasteiger partial charge in [-0.25, -0.2) is 0 Å². The molecule has 0 aliphatic heterocycles. The lowest BCUT2D eigenvalue weighted by molar-refractivity contribution is 0.512. The highest BCUT2D eigenvalue weighted by molar-refractivity contribution is 5.14. The van der Waals surface area contributed by atoms with Crippen molar-refractivity contribution in [1.29, 1.82) is 0 Å². The van der Waals surface area contributed by atoms with Crippen LogP contribution in [0.3, 0.4) is 0 Å². The molecule has 86 valence electrons. The van der Waals surface area contributed by atoms with Gasteiger partial charge in [0.25, 0.3) is 0 Å². The smallest absolute Gasteiger partial charge is 0.0307 e. The summed E-state index contributed by atoms with van der Waals surface area (Å²) >= 11 is 0. The fraction of sp³-hybridized carbons (Fsp3) is 0.692. The number of rotatable bonds is 6. The summed E-state index contributed by atoms with van der Waals surface area (Å²) in [6, 6.07) is 2.35. The highest BCUT2D eigenvalue weighted by Gasteiger charge is 2.04. The Labute approximate surface area is 93.5 Å². The van der Waals surface area contributed by atoms with Gasteiger partial charge in [-0.15, -0.1) is 0 Å². The first-order valence-electron chi connectivity index (χ1n) is 6.04. The second kappa shape index (κ2) is 5.96. The normalized spacial score (nSPS) is 13.4. The fourth-order valence-corrected chi connectivity index (χ4v) is 1.74. The van der Waals surface area contributed by atoms with Crippen molar-refractivity contribution in [3.63, 3.8) is 0 Å². The summed E-state index contributed by atoms with van der Waals surface area (Å²) < 4.78 is 2.26. The largest absolute Gasteiger partial charge is 0.354 e. The number of hydrogen-bond acceptors (Lipinski definition) is 1. The van der Waals surface area contributed by atoms with E-state index in [0.29, 0.717) is 0 Å². The molecule has 0 fully saturated rings. The van der Waals surface area contributed by atoms with Gasteiger partial charge in [-0.3, -0.25) is 0 Å². The van der Waals surface area contributed by atoms with Crippen molar-refractivity contribution < 1.29 is 0 Å². The Morgan fingerprint density at radius 2 is 2.13 bits per heavy atom. The maximum absolute atomic E-state index is 5.97. The van der Waals surface area contributed by atoms with Crippen LogP contribution in [0.5, 0.6) is 0 Å². The standard InChI is InChI=1S/C13H24N2/c1-4-13(14)12-7-9-15(10-12)8-5-6-11(2)3/h7,9-11,13H,4-6,8,14H2,1-3H3. The molecule has 2 N–H and O–H groups in total. The maximum atomic E-state index is 5.97. The number of nitrogens with zero attached hydrogens (tertiary/aromatic N) is 1. The van der Waals surface area contributed by atoms with Crippen molar-refractivity contribution in [2.45, 2.75) is 52.6 Å². The maximum Gasteiger partial charge on any atom is 0.0307 e. The first-order valence-corrected chi connectivity index (χ1v) is 6.04. The third kappa shape index (κ3) is 4.08. The van der Waals surface area contributed by atoms with E-state index in [1.165, 1.54) is 18.4 Å². The van der Waals surface area contributed by atoms with Crippen molar-refractivity contribution in [3.8, 4) is 0 Å². The van der Waals surface area contributed by atoms with Crippen LogP contribution in [0.25, 0.3) is 0 Å². The van der Waals surface area contributed by atoms with Crippen LogP contribution in [0.1, 0.15) is 51.6 Å². The van der Waals surface area contributed by atoms with Gasteiger partial charge in [0, 0.05) is 25.0 Å². The van der Waals surface area contributed by atoms with Crippen molar-refractivity contribution >= 4 is 0 Å². The van der Waals surface area contributed by atoms with Crippen LogP contribution in [0, 0.1) is 5.92 Å². The number of hydrogen-bond donors (Lipinski definition) is 1. The van der Waals surface area contributed by atoms with Crippen LogP contribution < -0.4 is 5.73 Å². The Kier molecular flexibility index (Phi) is 4.89. The monoisotopic (exact) mass is 208 g/mol. The van der Waals surface area contributed by atoms with Crippen molar-refractivity contribution in [1.82, 2.24) is 4.57 Å². The molecule has 1 heterocycles. The number of aromatic nitrogens is 1. The van der Waals surface area contributed by atoms with Crippen LogP contribution in [-0.4, -0.2) is 4.57 Å². The Morgan fingerprint density at radius 1 is 1.40 bits per heavy atom. The molecular formula is C13H24N2. The predicted molar refractivity (Wildman–Crippen MR) is 65.7 cm³/mol. The molecule has 0 bridgehead atoms. The van der Waals surface area contributed by atoms with Gasteiger partial charge >= 0.3 is 0 Å². The minimum atomic E-state index is 0.205. The highest BCUT2D eigenvalue weighted by atomic mass is 14.9. The summed E-state index contributed by atoms with van der Waals surface area (Å²) in [4.78, 5) is 0. The molecule has 1 aromatic rings. The second-order valence-corrected chi connectivity index (χ2v) is 4.73. The quantitative estimate of drug-likeness (QED) is 0.763. The van der Waals surface area contributed by atoms with E-state index in [4.69, 9.17) is 5.73 Å². The summed E-state index contributed by atoms with van der Waals surface area (Å²) in [6.07, 6.45) is 7.90. The van der Waals surface area contributed by atoms with Gasteiger partial charge in [-0.1, -0.05) is 20.8 Å². The molecule has 1 rings (SSSR count). The van der Waals surface area contributed by atoms with Gasteiger partial charge < -0.3 is 10.3 Å². The van der Waals surface area contributed by atoms with Crippen LogP contribution in [0.4, 0.5) is 0 Å². The van der Waals surface area contributed by atoms with Crippen LogP contribution in [0.15, 0.2) is 18.5 Å². The van der Waals surface area contributed by atoms with E-state index >= 15 is 0 Å². The lowest BCUT2D eigenvalue weighted by Gasteiger charge is -2.07. The average molecular weight is 208 g/mol. The third-order valence-electron chi connectivity index (χ3n) is 2.84. The van der Waals surface area contributed by atoms with E-state index in [1.807, 2.05) is 0 Å². The molecule has 0 aliphatic carbocycles. The topological polar surface area (TPSA) is 30.9 Å². The molecule has 0 amide bonds. The summed E-state index contributed by atoms with van der Waals surface area (Å²) in [5.41, 5.74) is 7.24. The zero-order chi connectivity index (χ0) is 11.3. The Balaban J connectivity index is 2.39. The zero-order valence-corrected chi connectivity index (χ0v) is 10.2. The molecule has 0 spiro atoms. The van der Waals surface area contributed by atoms with Gasteiger partial charge in [-0.05, 0) is 36.8 Å². The first-order chi connectivity index (χ1) is 7.13. The van der Waals surface area contributed by atoms with Gasteiger partial charge in [0.1, 0.15) is 0 Å². The molecule has 1 aromatic heterocycles. The molecule has 0 saturated carbocycles. The van der Waals surface area contributed by atoms with E-state index < -0.39 is 0 Å². The molecule has 1 atom stereocenters. The van der Waals surface area contributed by atoms with Crippen LogP contribution >= 0.6 is 0 Å². The van der Waals surface area contributed by atoms with Crippen molar-refractivity contribution in [2.24, 2.45) is 11.7 Å². The zero-order valence-electron chi connectivity index (χ0n) is 10.2. The van der Waals surface area contributed by atoms with E-state index in [1.54, 1.807) is 0 Å². The summed E-state index contributed by atoms with van der Waals surface area (Å²) in [6.45, 7) is 7.79. The van der Waals surface area contributed by atoms with Crippen molar-refractivity contribution in [2.75, 3.05) is 0 Å². The van der Waals surface area contributed by atoms with Crippen LogP contribution in [0.2, 0.25) is 0 Å². The molecule has 0 radical (unpaired) electrons.